The molecule has 0 amide bonds. The van der Waals surface area contributed by atoms with Crippen molar-refractivity contribution in [2.24, 2.45) is 0 Å². The molecule has 0 aromatic rings. The molecule has 18 heavy (non-hydrogen) atoms. The minimum Gasteiger partial charge on any atom is -0.289 e. The summed E-state index contributed by atoms with van der Waals surface area (Å²) in [6, 6.07) is 0. The Kier molecular flexibility index (Phi) is 5.83. The molecule has 0 saturated carbocycles. The van der Waals surface area contributed by atoms with E-state index in [2.05, 4.69) is 0 Å². The van der Waals surface area contributed by atoms with E-state index >= 15 is 0 Å². The van der Waals surface area contributed by atoms with Gasteiger partial charge in [0, 0.05) is 36.7 Å². The van der Waals surface area contributed by atoms with Crippen LogP contribution in [0.5, 0.6) is 0 Å². The molecular formula is C8H15Cl2N2O5P. The largest absolute Gasteiger partial charge is 0.408 e. The number of halogens is 2. The van der Waals surface area contributed by atoms with Crippen molar-refractivity contribution in [1.29, 1.82) is 0 Å². The fourth-order valence-electron chi connectivity index (χ4n) is 1.34. The number of nitrogens with zero attached hydrogens (tertiary/aromatic N) is 2. The van der Waals surface area contributed by atoms with Gasteiger partial charge in [-0.15, -0.1) is 23.2 Å². The number of rotatable bonds is 6. The van der Waals surface area contributed by atoms with E-state index in [1.807, 2.05) is 0 Å². The van der Waals surface area contributed by atoms with E-state index < -0.39 is 18.2 Å². The highest BCUT2D eigenvalue weighted by Crippen LogP contribution is 2.55. The van der Waals surface area contributed by atoms with Crippen LogP contribution in [0.2, 0.25) is 0 Å². The summed E-state index contributed by atoms with van der Waals surface area (Å²) in [4.78, 5) is 10.3. The summed E-state index contributed by atoms with van der Waals surface area (Å²) in [7, 11) is -3.52. The van der Waals surface area contributed by atoms with Crippen molar-refractivity contribution in [1.82, 2.24) is 4.67 Å². The van der Waals surface area contributed by atoms with Crippen LogP contribution in [0.25, 0.3) is 0 Å². The van der Waals surface area contributed by atoms with E-state index in [1.54, 1.807) is 0 Å². The summed E-state index contributed by atoms with van der Waals surface area (Å²) in [6.07, 6.45) is 0. The minimum absolute atomic E-state index is 0.236. The summed E-state index contributed by atoms with van der Waals surface area (Å²) < 4.78 is 24.0. The highest BCUT2D eigenvalue weighted by molar-refractivity contribution is 7.51. The third-order valence-corrected chi connectivity index (χ3v) is 4.89. The molecular weight excluding hydrogens is 306 g/mol. The van der Waals surface area contributed by atoms with Gasteiger partial charge in [-0.25, -0.2) is 9.24 Å². The zero-order valence-electron chi connectivity index (χ0n) is 9.88. The molecule has 0 radical (unpaired) electrons. The van der Waals surface area contributed by atoms with E-state index in [9.17, 15) is 14.7 Å². The maximum absolute atomic E-state index is 12.4. The van der Waals surface area contributed by atoms with E-state index in [0.717, 1.165) is 0 Å². The van der Waals surface area contributed by atoms with Gasteiger partial charge in [-0.2, -0.15) is 0 Å². The Morgan fingerprint density at radius 2 is 1.78 bits per heavy atom. The quantitative estimate of drug-likeness (QED) is 0.322. The third-order valence-electron chi connectivity index (χ3n) is 2.55. The average molecular weight is 321 g/mol. The SMILES string of the molecule is CC1([N+](=O)[O-])COP(=O)(N(CCCl)CCCl)OC1. The van der Waals surface area contributed by atoms with Crippen molar-refractivity contribution in [3.05, 3.63) is 10.1 Å². The molecule has 0 bridgehead atoms. The van der Waals surface area contributed by atoms with Gasteiger partial charge in [0.2, 0.25) is 0 Å². The molecule has 0 N–H and O–H groups in total. The predicted octanol–water partition coefficient (Wildman–Crippen LogP) is 1.96. The first kappa shape index (κ1) is 16.1. The molecule has 0 unspecified atom stereocenters. The van der Waals surface area contributed by atoms with Crippen LogP contribution in [0.15, 0.2) is 0 Å². The topological polar surface area (TPSA) is 81.9 Å². The summed E-state index contributed by atoms with van der Waals surface area (Å²) in [6.45, 7) is 1.40. The van der Waals surface area contributed by atoms with Gasteiger partial charge in [-0.1, -0.05) is 0 Å². The van der Waals surface area contributed by atoms with E-state index in [1.165, 1.54) is 11.6 Å². The van der Waals surface area contributed by atoms with Crippen molar-refractivity contribution >= 4 is 30.9 Å². The second kappa shape index (κ2) is 6.50. The summed E-state index contributed by atoms with van der Waals surface area (Å²) in [5.41, 5.74) is -1.37. The molecule has 106 valence electrons. The molecule has 1 saturated heterocycles. The maximum atomic E-state index is 12.4. The molecule has 0 aromatic heterocycles. The first-order valence-corrected chi connectivity index (χ1v) is 7.85. The molecule has 1 heterocycles. The van der Waals surface area contributed by atoms with Crippen LogP contribution < -0.4 is 0 Å². The Balaban J connectivity index is 2.73. The van der Waals surface area contributed by atoms with Crippen LogP contribution in [0.3, 0.4) is 0 Å². The molecule has 0 aromatic carbocycles. The van der Waals surface area contributed by atoms with Gasteiger partial charge in [-0.05, 0) is 0 Å². The van der Waals surface area contributed by atoms with Crippen molar-refractivity contribution < 1.29 is 18.5 Å². The standard InChI is InChI=1S/C8H15Cl2N2O5P/c1-8(12(13)14)6-16-18(15,17-7-8)11(4-2-9)5-3-10/h2-7H2,1H3. The summed E-state index contributed by atoms with van der Waals surface area (Å²) in [5.74, 6) is 0.472. The lowest BCUT2D eigenvalue weighted by atomic mass is 10.1. The normalized spacial score (nSPS) is 32.7. The van der Waals surface area contributed by atoms with Gasteiger partial charge in [0.1, 0.15) is 13.2 Å². The van der Waals surface area contributed by atoms with Crippen molar-refractivity contribution in [2.45, 2.75) is 12.5 Å². The van der Waals surface area contributed by atoms with Crippen molar-refractivity contribution in [3.63, 3.8) is 0 Å². The van der Waals surface area contributed by atoms with E-state index in [4.69, 9.17) is 32.2 Å². The lowest BCUT2D eigenvalue weighted by Gasteiger charge is -2.35. The van der Waals surface area contributed by atoms with Gasteiger partial charge >= 0.3 is 7.75 Å². The molecule has 0 atom stereocenters. The number of hydrogen-bond acceptors (Lipinski definition) is 5. The zero-order valence-corrected chi connectivity index (χ0v) is 12.3. The van der Waals surface area contributed by atoms with E-state index in [-0.39, 0.29) is 38.1 Å². The molecule has 0 spiro atoms. The first-order valence-electron chi connectivity index (χ1n) is 5.29. The van der Waals surface area contributed by atoms with Gasteiger partial charge < -0.3 is 0 Å². The van der Waals surface area contributed by atoms with Crippen molar-refractivity contribution in [2.75, 3.05) is 38.1 Å². The molecule has 1 aliphatic rings. The van der Waals surface area contributed by atoms with E-state index in [0.29, 0.717) is 0 Å². The smallest absolute Gasteiger partial charge is 0.289 e. The predicted molar refractivity (Wildman–Crippen MR) is 67.9 cm³/mol. The monoisotopic (exact) mass is 320 g/mol. The van der Waals surface area contributed by atoms with Gasteiger partial charge in [0.05, 0.1) is 0 Å². The van der Waals surface area contributed by atoms with Crippen LogP contribution in [0.1, 0.15) is 6.92 Å². The fourth-order valence-corrected chi connectivity index (χ4v) is 3.96. The molecule has 7 nitrogen and oxygen atoms in total. The number of nitro groups is 1. The lowest BCUT2D eigenvalue weighted by Crippen LogP contribution is -2.48. The Morgan fingerprint density at radius 1 is 1.33 bits per heavy atom. The van der Waals surface area contributed by atoms with Gasteiger partial charge in [-0.3, -0.25) is 19.2 Å². The second-order valence-corrected chi connectivity index (χ2v) is 6.88. The van der Waals surface area contributed by atoms with Gasteiger partial charge in [0.25, 0.3) is 5.54 Å². The average Bonchev–Trinajstić information content (AvgIpc) is 2.33. The first-order chi connectivity index (χ1) is 8.38. The molecule has 0 aliphatic carbocycles. The minimum atomic E-state index is -3.52. The van der Waals surface area contributed by atoms with Crippen LogP contribution in [-0.4, -0.2) is 53.2 Å². The fraction of sp³-hybridized carbons (Fsp3) is 1.00. The molecule has 1 fully saturated rings. The Labute approximate surface area is 115 Å². The van der Waals surface area contributed by atoms with Crippen molar-refractivity contribution in [3.8, 4) is 0 Å². The summed E-state index contributed by atoms with van der Waals surface area (Å²) >= 11 is 11.2. The summed E-state index contributed by atoms with van der Waals surface area (Å²) in [5, 5.41) is 10.8. The van der Waals surface area contributed by atoms with Crippen LogP contribution in [0, 0.1) is 10.1 Å². The maximum Gasteiger partial charge on any atom is 0.408 e. The van der Waals surface area contributed by atoms with Crippen LogP contribution in [0.4, 0.5) is 0 Å². The molecule has 1 aliphatic heterocycles. The molecule has 1 rings (SSSR count). The van der Waals surface area contributed by atoms with Crippen LogP contribution >= 0.6 is 30.9 Å². The highest BCUT2D eigenvalue weighted by Gasteiger charge is 2.49. The Bertz CT molecular complexity index is 338. The van der Waals surface area contributed by atoms with Crippen LogP contribution in [-0.2, 0) is 13.6 Å². The number of alkyl halides is 2. The second-order valence-electron chi connectivity index (χ2n) is 4.10. The Morgan fingerprint density at radius 3 is 2.11 bits per heavy atom. The lowest BCUT2D eigenvalue weighted by molar-refractivity contribution is -0.573. The number of hydrogen-bond donors (Lipinski definition) is 0. The Hall–Kier alpha value is 0.0900. The third kappa shape index (κ3) is 3.56. The zero-order chi connectivity index (χ0) is 13.8. The molecule has 10 heteroatoms. The highest BCUT2D eigenvalue weighted by atomic mass is 35.5. The van der Waals surface area contributed by atoms with Gasteiger partial charge in [0.15, 0.2) is 0 Å².